The molecule has 7 N–H and O–H groups in total. The molecule has 0 aliphatic heterocycles. The summed E-state index contributed by atoms with van der Waals surface area (Å²) in [7, 11) is 0. The van der Waals surface area contributed by atoms with Crippen molar-refractivity contribution in [3.63, 3.8) is 0 Å². The number of ether oxygens (including phenoxy) is 4. The van der Waals surface area contributed by atoms with Crippen molar-refractivity contribution in [2.24, 2.45) is 11.8 Å². The van der Waals surface area contributed by atoms with Crippen molar-refractivity contribution in [3.8, 4) is 0 Å². The molecule has 0 spiro atoms. The highest BCUT2D eigenvalue weighted by molar-refractivity contribution is 6.01. The van der Waals surface area contributed by atoms with E-state index >= 15 is 0 Å². The van der Waals surface area contributed by atoms with Crippen molar-refractivity contribution in [1.29, 1.82) is 0 Å². The Hall–Kier alpha value is -3.22. The van der Waals surface area contributed by atoms with Gasteiger partial charge in [-0.1, -0.05) is 89.9 Å². The number of amides is 3. The molecule has 0 radical (unpaired) electrons. The van der Waals surface area contributed by atoms with Crippen LogP contribution in [-0.2, 0) is 47.7 Å². The van der Waals surface area contributed by atoms with Crippen LogP contribution < -0.4 is 21.3 Å². The lowest BCUT2D eigenvalue weighted by Crippen LogP contribution is -2.55. The van der Waals surface area contributed by atoms with Gasteiger partial charge in [-0.3, -0.25) is 29.3 Å². The van der Waals surface area contributed by atoms with Gasteiger partial charge in [-0.25, -0.2) is 4.79 Å². The van der Waals surface area contributed by atoms with Crippen molar-refractivity contribution in [1.82, 2.24) is 21.3 Å². The Morgan fingerprint density at radius 1 is 0.541 bits per heavy atom. The fourth-order valence-corrected chi connectivity index (χ4v) is 7.14. The fourth-order valence-electron chi connectivity index (χ4n) is 7.14. The number of unbranched alkanes of at least 4 members (excludes halogenated alkanes) is 15. The van der Waals surface area contributed by atoms with E-state index in [2.05, 4.69) is 21.3 Å². The Labute approximate surface area is 363 Å². The molecule has 2 atom stereocenters. The van der Waals surface area contributed by atoms with Gasteiger partial charge in [0, 0.05) is 32.5 Å². The second kappa shape index (κ2) is 38.5. The minimum absolute atomic E-state index is 0.0437. The Balaban J connectivity index is 2.01. The van der Waals surface area contributed by atoms with Crippen LogP contribution in [-0.4, -0.2) is 136 Å². The predicted molar refractivity (Wildman–Crippen MR) is 230 cm³/mol. The third-order valence-electron chi connectivity index (χ3n) is 10.7. The molecule has 0 aromatic heterocycles. The lowest BCUT2D eigenvalue weighted by molar-refractivity contribution is -0.146. The highest BCUT2D eigenvalue weighted by Gasteiger charge is 2.33. The van der Waals surface area contributed by atoms with Gasteiger partial charge in [0.15, 0.2) is 11.8 Å². The molecule has 2 unspecified atom stereocenters. The first-order chi connectivity index (χ1) is 29.5. The Kier molecular flexibility index (Phi) is 35.2. The summed E-state index contributed by atoms with van der Waals surface area (Å²) >= 11 is 0. The molecule has 1 saturated carbocycles. The standard InChI is InChI=1S/C44H80N4O13/c1-35(49)33-60-30-28-58-26-24-45-39(51)34-61-31-29-59-27-25-46-43(55)41(44(56)57)48-42(54)37-22-20-36(21-23-37)32-47-38(50)18-16-14-12-10-8-6-4-2-3-5-7-9-11-13-15-17-19-40(52)53/h36-37,41-42,48,54H,2-34H2,1H3,(H,45,51)(H,46,55)(H,47,50)(H,52,53)(H,56,57). The van der Waals surface area contributed by atoms with Crippen LogP contribution in [0.1, 0.15) is 148 Å². The minimum atomic E-state index is -1.63. The Morgan fingerprint density at radius 2 is 1.00 bits per heavy atom. The van der Waals surface area contributed by atoms with E-state index in [1.165, 1.54) is 71.1 Å². The number of aliphatic hydroxyl groups excluding tert-OH is 1. The molecule has 0 heterocycles. The Morgan fingerprint density at radius 3 is 1.49 bits per heavy atom. The van der Waals surface area contributed by atoms with Crippen LogP contribution >= 0.6 is 0 Å². The van der Waals surface area contributed by atoms with Crippen molar-refractivity contribution in [3.05, 3.63) is 0 Å². The number of aliphatic hydroxyl groups is 1. The van der Waals surface area contributed by atoms with Crippen LogP contribution in [0.2, 0.25) is 0 Å². The van der Waals surface area contributed by atoms with E-state index in [0.717, 1.165) is 51.4 Å². The summed E-state index contributed by atoms with van der Waals surface area (Å²) < 4.78 is 21.0. The summed E-state index contributed by atoms with van der Waals surface area (Å²) in [5, 5.41) is 39.8. The first-order valence-corrected chi connectivity index (χ1v) is 23.0. The average Bonchev–Trinajstić information content (AvgIpc) is 3.23. The summed E-state index contributed by atoms with van der Waals surface area (Å²) in [5.41, 5.74) is 0. The second-order valence-electron chi connectivity index (χ2n) is 16.2. The van der Waals surface area contributed by atoms with Crippen molar-refractivity contribution >= 4 is 35.4 Å². The molecular formula is C44H80N4O13. The van der Waals surface area contributed by atoms with Crippen LogP contribution in [0.3, 0.4) is 0 Å². The third kappa shape index (κ3) is 34.0. The first-order valence-electron chi connectivity index (χ1n) is 23.0. The van der Waals surface area contributed by atoms with Gasteiger partial charge in [0.05, 0.1) is 39.6 Å². The van der Waals surface area contributed by atoms with Gasteiger partial charge in [0.25, 0.3) is 0 Å². The van der Waals surface area contributed by atoms with E-state index in [1.807, 2.05) is 0 Å². The fraction of sp³-hybridized carbons (Fsp3) is 0.864. The summed E-state index contributed by atoms with van der Waals surface area (Å²) in [6, 6.07) is -1.63. The maximum atomic E-state index is 12.6. The van der Waals surface area contributed by atoms with Crippen LogP contribution in [0.25, 0.3) is 0 Å². The molecule has 0 aromatic rings. The molecule has 1 aliphatic carbocycles. The number of carboxylic acids is 2. The summed E-state index contributed by atoms with van der Waals surface area (Å²) in [4.78, 5) is 70.0. The molecule has 1 fully saturated rings. The normalized spacial score (nSPS) is 16.1. The number of carbonyl (C=O) groups excluding carboxylic acids is 4. The monoisotopic (exact) mass is 873 g/mol. The molecule has 1 aliphatic rings. The van der Waals surface area contributed by atoms with E-state index in [1.54, 1.807) is 0 Å². The SMILES string of the molecule is CC(=O)COCCOCCNC(=O)COCCOCCNC(=O)C(NC(O)C1CCC(CNC(=O)CCCCCCCCCCCCCCCCCCC(=O)O)CC1)C(=O)O. The summed E-state index contributed by atoms with van der Waals surface area (Å²) in [6.07, 6.45) is 21.3. The molecule has 61 heavy (non-hydrogen) atoms. The molecule has 3 amide bonds. The Bertz CT molecular complexity index is 1190. The number of nitrogens with one attached hydrogen (secondary N) is 4. The lowest BCUT2D eigenvalue weighted by atomic mass is 9.81. The molecule has 17 heteroatoms. The lowest BCUT2D eigenvalue weighted by Gasteiger charge is -2.32. The number of ketones is 1. The molecule has 0 aromatic carbocycles. The number of carboxylic acid groups (broad SMARTS) is 2. The van der Waals surface area contributed by atoms with Crippen LogP contribution in [0.5, 0.6) is 0 Å². The number of hydrogen-bond donors (Lipinski definition) is 7. The van der Waals surface area contributed by atoms with Crippen LogP contribution in [0.15, 0.2) is 0 Å². The van der Waals surface area contributed by atoms with Gasteiger partial charge in [0.2, 0.25) is 17.7 Å². The van der Waals surface area contributed by atoms with Gasteiger partial charge in [-0.2, -0.15) is 0 Å². The molecule has 0 saturated heterocycles. The van der Waals surface area contributed by atoms with Crippen LogP contribution in [0, 0.1) is 11.8 Å². The number of aliphatic carboxylic acids is 2. The number of Topliss-reactive ketones (excluding diaryl/α,β-unsaturated/α-hetero) is 1. The maximum absolute atomic E-state index is 12.6. The first kappa shape index (κ1) is 55.8. The molecule has 354 valence electrons. The van der Waals surface area contributed by atoms with E-state index in [-0.39, 0.29) is 69.0 Å². The zero-order valence-electron chi connectivity index (χ0n) is 37.1. The summed E-state index contributed by atoms with van der Waals surface area (Å²) in [5.74, 6) is -3.12. The molecule has 1 rings (SSSR count). The van der Waals surface area contributed by atoms with Crippen molar-refractivity contribution < 1.29 is 63.0 Å². The molecular weight excluding hydrogens is 792 g/mol. The smallest absolute Gasteiger partial charge is 0.330 e. The number of carbonyl (C=O) groups is 6. The van der Waals surface area contributed by atoms with Gasteiger partial charge in [-0.05, 0) is 57.3 Å². The quantitative estimate of drug-likeness (QED) is 0.0257. The summed E-state index contributed by atoms with van der Waals surface area (Å²) in [6.45, 7) is 3.53. The number of rotatable bonds is 42. The van der Waals surface area contributed by atoms with E-state index in [4.69, 9.17) is 24.1 Å². The van der Waals surface area contributed by atoms with Crippen molar-refractivity contribution in [2.45, 2.75) is 160 Å². The number of hydrogen-bond acceptors (Lipinski definition) is 12. The largest absolute Gasteiger partial charge is 0.481 e. The highest BCUT2D eigenvalue weighted by atomic mass is 16.5. The van der Waals surface area contributed by atoms with Crippen molar-refractivity contribution in [2.75, 3.05) is 72.5 Å². The maximum Gasteiger partial charge on any atom is 0.330 e. The molecule has 0 bridgehead atoms. The zero-order valence-corrected chi connectivity index (χ0v) is 37.1. The third-order valence-corrected chi connectivity index (χ3v) is 10.7. The average molecular weight is 873 g/mol. The van der Waals surface area contributed by atoms with Gasteiger partial charge in [-0.15, -0.1) is 0 Å². The van der Waals surface area contributed by atoms with Gasteiger partial charge < -0.3 is 50.2 Å². The highest BCUT2D eigenvalue weighted by Crippen LogP contribution is 2.30. The second-order valence-corrected chi connectivity index (χ2v) is 16.2. The predicted octanol–water partition coefficient (Wildman–Crippen LogP) is 4.26. The topological polar surface area (TPSA) is 248 Å². The van der Waals surface area contributed by atoms with Crippen LogP contribution in [0.4, 0.5) is 0 Å². The van der Waals surface area contributed by atoms with E-state index in [0.29, 0.717) is 58.6 Å². The van der Waals surface area contributed by atoms with E-state index in [9.17, 15) is 39.0 Å². The van der Waals surface area contributed by atoms with E-state index < -0.39 is 30.1 Å². The zero-order chi connectivity index (χ0) is 44.8. The molecule has 17 nitrogen and oxygen atoms in total. The minimum Gasteiger partial charge on any atom is -0.481 e. The van der Waals surface area contributed by atoms with Gasteiger partial charge >= 0.3 is 11.9 Å². The van der Waals surface area contributed by atoms with Gasteiger partial charge in [0.1, 0.15) is 19.4 Å².